The van der Waals surface area contributed by atoms with Crippen LogP contribution >= 0.6 is 22.9 Å². The number of halogens is 1. The Bertz CT molecular complexity index is 1100. The van der Waals surface area contributed by atoms with Gasteiger partial charge in [0.15, 0.2) is 5.13 Å². The number of thiazole rings is 1. The van der Waals surface area contributed by atoms with E-state index >= 15 is 0 Å². The average molecular weight is 474 g/mol. The van der Waals surface area contributed by atoms with Crippen LogP contribution < -0.4 is 10.2 Å². The van der Waals surface area contributed by atoms with E-state index in [4.69, 9.17) is 11.6 Å². The van der Waals surface area contributed by atoms with Crippen LogP contribution in [0.3, 0.4) is 0 Å². The summed E-state index contributed by atoms with van der Waals surface area (Å²) in [7, 11) is 0. The van der Waals surface area contributed by atoms with E-state index in [1.165, 1.54) is 29.2 Å². The minimum Gasteiger partial charge on any atom is -0.369 e. The first kappa shape index (κ1) is 22.4. The number of rotatable bonds is 8. The molecule has 2 heterocycles. The van der Waals surface area contributed by atoms with Crippen LogP contribution in [-0.2, 0) is 4.79 Å². The lowest BCUT2D eigenvalue weighted by atomic mass is 10.2. The van der Waals surface area contributed by atoms with Crippen molar-refractivity contribution in [3.8, 4) is 0 Å². The molecular weight excluding hydrogens is 450 g/mol. The van der Waals surface area contributed by atoms with Crippen LogP contribution in [-0.4, -0.2) is 53.4 Å². The summed E-state index contributed by atoms with van der Waals surface area (Å²) in [6, 6.07) is 12.5. The molecule has 10 heteroatoms. The summed E-state index contributed by atoms with van der Waals surface area (Å²) in [5.41, 5.74) is 1.87. The molecule has 0 radical (unpaired) electrons. The molecule has 1 aromatic heterocycles. The van der Waals surface area contributed by atoms with E-state index in [-0.39, 0.29) is 11.6 Å². The van der Waals surface area contributed by atoms with Crippen molar-refractivity contribution in [3.05, 3.63) is 57.6 Å². The van der Waals surface area contributed by atoms with Crippen LogP contribution in [0.15, 0.2) is 42.5 Å². The summed E-state index contributed by atoms with van der Waals surface area (Å²) in [6.45, 7) is 4.96. The van der Waals surface area contributed by atoms with Crippen LogP contribution in [0, 0.1) is 10.1 Å². The second kappa shape index (κ2) is 10.2. The van der Waals surface area contributed by atoms with Gasteiger partial charge >= 0.3 is 0 Å². The molecule has 0 aliphatic carbocycles. The Hall–Kier alpha value is -2.75. The van der Waals surface area contributed by atoms with Gasteiger partial charge in [0.05, 0.1) is 15.1 Å². The smallest absolute Gasteiger partial charge is 0.270 e. The number of nitrogens with zero attached hydrogens (tertiary/aromatic N) is 4. The van der Waals surface area contributed by atoms with Crippen LogP contribution in [0.1, 0.15) is 19.3 Å². The Labute approximate surface area is 194 Å². The van der Waals surface area contributed by atoms with E-state index in [1.807, 2.05) is 12.1 Å². The first-order valence-corrected chi connectivity index (χ1v) is 11.7. The van der Waals surface area contributed by atoms with Crippen molar-refractivity contribution in [2.45, 2.75) is 19.3 Å². The Balaban J connectivity index is 1.16. The molecule has 0 spiro atoms. The van der Waals surface area contributed by atoms with Gasteiger partial charge < -0.3 is 10.2 Å². The Morgan fingerprint density at radius 3 is 2.59 bits per heavy atom. The number of non-ortho nitro benzene ring substituents is 1. The molecular formula is C22H24ClN5O3S. The maximum absolute atomic E-state index is 12.3. The number of anilines is 2. The second-order valence-electron chi connectivity index (χ2n) is 7.74. The van der Waals surface area contributed by atoms with E-state index in [1.54, 1.807) is 6.07 Å². The highest BCUT2D eigenvalue weighted by Gasteiger charge is 2.17. The number of unbranched alkanes of at least 4 members (excludes halogenated alkanes) is 1. The lowest BCUT2D eigenvalue weighted by molar-refractivity contribution is -0.384. The zero-order chi connectivity index (χ0) is 22.5. The quantitative estimate of drug-likeness (QED) is 0.287. The number of benzene rings is 2. The molecule has 1 N–H and O–H groups in total. The predicted molar refractivity (Wildman–Crippen MR) is 129 cm³/mol. The summed E-state index contributed by atoms with van der Waals surface area (Å²) < 4.78 is 0.687. The van der Waals surface area contributed by atoms with Gasteiger partial charge in [0.2, 0.25) is 5.91 Å². The summed E-state index contributed by atoms with van der Waals surface area (Å²) in [5.74, 6) is -0.0777. The number of fused-ring (bicyclic) bond motifs is 1. The maximum Gasteiger partial charge on any atom is 0.270 e. The van der Waals surface area contributed by atoms with E-state index < -0.39 is 4.92 Å². The monoisotopic (exact) mass is 473 g/mol. The molecule has 1 saturated heterocycles. The Kier molecular flexibility index (Phi) is 7.19. The number of amides is 1. The van der Waals surface area contributed by atoms with Gasteiger partial charge in [-0.05, 0) is 49.7 Å². The van der Waals surface area contributed by atoms with E-state index in [0.717, 1.165) is 50.6 Å². The zero-order valence-corrected chi connectivity index (χ0v) is 19.1. The molecule has 3 aromatic rings. The van der Waals surface area contributed by atoms with E-state index in [2.05, 4.69) is 32.2 Å². The van der Waals surface area contributed by atoms with Crippen molar-refractivity contribution in [3.63, 3.8) is 0 Å². The number of nitrogens with one attached hydrogen (secondary N) is 1. The van der Waals surface area contributed by atoms with Gasteiger partial charge in [-0.2, -0.15) is 0 Å². The van der Waals surface area contributed by atoms with Crippen molar-refractivity contribution in [2.24, 2.45) is 0 Å². The Morgan fingerprint density at radius 1 is 1.12 bits per heavy atom. The molecule has 0 bridgehead atoms. The summed E-state index contributed by atoms with van der Waals surface area (Å²) in [6.07, 6.45) is 2.20. The highest BCUT2D eigenvalue weighted by atomic mass is 35.5. The highest BCUT2D eigenvalue weighted by molar-refractivity contribution is 7.22. The fourth-order valence-electron chi connectivity index (χ4n) is 3.76. The van der Waals surface area contributed by atoms with Gasteiger partial charge in [-0.3, -0.25) is 19.8 Å². The summed E-state index contributed by atoms with van der Waals surface area (Å²) in [5, 5.41) is 14.9. The third-order valence-electron chi connectivity index (χ3n) is 5.52. The lowest BCUT2D eigenvalue weighted by Gasteiger charge is -2.36. The van der Waals surface area contributed by atoms with Gasteiger partial charge in [0, 0.05) is 55.4 Å². The minimum absolute atomic E-state index is 0.0213. The molecule has 8 nitrogen and oxygen atoms in total. The molecule has 1 aliphatic heterocycles. The fourth-order valence-corrected chi connectivity index (χ4v) is 4.81. The van der Waals surface area contributed by atoms with Crippen LogP contribution in [0.5, 0.6) is 0 Å². The molecule has 0 saturated carbocycles. The number of carbonyl (C=O) groups excluding carboxylic acids is 1. The van der Waals surface area contributed by atoms with Gasteiger partial charge in [-0.15, -0.1) is 0 Å². The van der Waals surface area contributed by atoms with Gasteiger partial charge in [0.25, 0.3) is 5.69 Å². The third kappa shape index (κ3) is 5.73. The minimum atomic E-state index is -0.436. The first-order chi connectivity index (χ1) is 15.5. The molecule has 1 aliphatic rings. The number of nitro benzene ring substituents is 1. The second-order valence-corrected chi connectivity index (χ2v) is 9.21. The largest absolute Gasteiger partial charge is 0.369 e. The van der Waals surface area contributed by atoms with Crippen LogP contribution in [0.25, 0.3) is 10.2 Å². The topological polar surface area (TPSA) is 91.6 Å². The van der Waals surface area contributed by atoms with Crippen molar-refractivity contribution in [1.82, 2.24) is 9.88 Å². The van der Waals surface area contributed by atoms with Crippen LogP contribution in [0.4, 0.5) is 16.5 Å². The van der Waals surface area contributed by atoms with Crippen LogP contribution in [0.2, 0.25) is 5.02 Å². The molecule has 4 rings (SSSR count). The molecule has 1 amide bonds. The van der Waals surface area contributed by atoms with Crippen molar-refractivity contribution >= 4 is 55.6 Å². The third-order valence-corrected chi connectivity index (χ3v) is 6.71. The number of nitro groups is 1. The lowest BCUT2D eigenvalue weighted by Crippen LogP contribution is -2.46. The SMILES string of the molecule is O=C(CCCCN1CCN(c2ccc(Cl)cc2)CC1)Nc1nc2ccc([N+](=O)[O-])cc2s1. The number of carbonyl (C=O) groups is 1. The van der Waals surface area contributed by atoms with Crippen molar-refractivity contribution < 1.29 is 9.72 Å². The molecule has 0 atom stereocenters. The average Bonchev–Trinajstić information content (AvgIpc) is 3.19. The number of aromatic nitrogens is 1. The van der Waals surface area contributed by atoms with Gasteiger partial charge in [0.1, 0.15) is 0 Å². The summed E-state index contributed by atoms with van der Waals surface area (Å²) >= 11 is 7.22. The fraction of sp³-hybridized carbons (Fsp3) is 0.364. The maximum atomic E-state index is 12.3. The number of hydrogen-bond acceptors (Lipinski definition) is 7. The highest BCUT2D eigenvalue weighted by Crippen LogP contribution is 2.29. The molecule has 1 fully saturated rings. The van der Waals surface area contributed by atoms with Crippen molar-refractivity contribution in [2.75, 3.05) is 42.9 Å². The predicted octanol–water partition coefficient (Wildman–Crippen LogP) is 4.79. The zero-order valence-electron chi connectivity index (χ0n) is 17.5. The number of piperazine rings is 1. The van der Waals surface area contributed by atoms with Gasteiger partial charge in [-0.25, -0.2) is 4.98 Å². The first-order valence-electron chi connectivity index (χ1n) is 10.6. The molecule has 32 heavy (non-hydrogen) atoms. The molecule has 168 valence electrons. The molecule has 0 unspecified atom stereocenters. The van der Waals surface area contributed by atoms with E-state index in [0.29, 0.717) is 21.8 Å². The summed E-state index contributed by atoms with van der Waals surface area (Å²) in [4.78, 5) is 31.9. The van der Waals surface area contributed by atoms with E-state index in [9.17, 15) is 14.9 Å². The standard InChI is InChI=1S/C22H24ClN5O3S/c23-16-4-6-17(7-5-16)27-13-11-26(12-14-27)10-2-1-3-21(29)25-22-24-19-9-8-18(28(30)31)15-20(19)32-22/h4-9,15H,1-3,10-14H2,(H,24,25,29). The van der Waals surface area contributed by atoms with Gasteiger partial charge in [-0.1, -0.05) is 22.9 Å². The normalized spacial score (nSPS) is 14.6. The molecule has 2 aromatic carbocycles. The Morgan fingerprint density at radius 2 is 1.88 bits per heavy atom. The number of hydrogen-bond donors (Lipinski definition) is 1. The van der Waals surface area contributed by atoms with Crippen molar-refractivity contribution in [1.29, 1.82) is 0 Å².